The lowest BCUT2D eigenvalue weighted by Gasteiger charge is -2.11. The third kappa shape index (κ3) is 3.71. The lowest BCUT2D eigenvalue weighted by Crippen LogP contribution is -2.00. The Labute approximate surface area is 114 Å². The molecule has 0 saturated carbocycles. The Morgan fingerprint density at radius 3 is 2.79 bits per heavy atom. The smallest absolute Gasteiger partial charge is 0.147 e. The number of hydrogen-bond acceptors (Lipinski definition) is 3. The summed E-state index contributed by atoms with van der Waals surface area (Å²) < 4.78 is 5.92. The van der Waals surface area contributed by atoms with Gasteiger partial charge < -0.3 is 10.1 Å². The minimum absolute atomic E-state index is 0.766. The predicted octanol–water partition coefficient (Wildman–Crippen LogP) is 4.26. The summed E-state index contributed by atoms with van der Waals surface area (Å²) in [7, 11) is 0. The van der Waals surface area contributed by atoms with Crippen LogP contribution in [0.25, 0.3) is 0 Å². The number of nitrogens with one attached hydrogen (secondary N) is 1. The molecular formula is C16H20N2O. The Hall–Kier alpha value is -2.03. The van der Waals surface area contributed by atoms with E-state index >= 15 is 0 Å². The topological polar surface area (TPSA) is 34.2 Å². The van der Waals surface area contributed by atoms with E-state index in [0.29, 0.717) is 0 Å². The summed E-state index contributed by atoms with van der Waals surface area (Å²) in [6, 6.07) is 10.1. The average Bonchev–Trinajstić information content (AvgIpc) is 2.46. The van der Waals surface area contributed by atoms with Gasteiger partial charge in [0.15, 0.2) is 0 Å². The van der Waals surface area contributed by atoms with Gasteiger partial charge in [-0.05, 0) is 24.5 Å². The van der Waals surface area contributed by atoms with Crippen LogP contribution in [0.5, 0.6) is 11.5 Å². The molecule has 2 rings (SSSR count). The molecule has 0 amide bonds. The van der Waals surface area contributed by atoms with E-state index in [0.717, 1.165) is 36.6 Å². The third-order valence-corrected chi connectivity index (χ3v) is 2.87. The number of pyridine rings is 1. The molecule has 0 aliphatic rings. The molecule has 0 atom stereocenters. The maximum absolute atomic E-state index is 5.92. The van der Waals surface area contributed by atoms with Gasteiger partial charge in [-0.2, -0.15) is 0 Å². The van der Waals surface area contributed by atoms with Crippen LogP contribution in [0.15, 0.2) is 42.7 Å². The normalized spacial score (nSPS) is 10.2. The van der Waals surface area contributed by atoms with Crippen molar-refractivity contribution in [3.63, 3.8) is 0 Å². The van der Waals surface area contributed by atoms with Crippen molar-refractivity contribution in [2.24, 2.45) is 0 Å². The molecule has 2 aromatic rings. The van der Waals surface area contributed by atoms with E-state index in [9.17, 15) is 0 Å². The van der Waals surface area contributed by atoms with Crippen LogP contribution in [0, 0.1) is 0 Å². The van der Waals surface area contributed by atoms with E-state index < -0.39 is 0 Å². The number of para-hydroxylation sites is 1. The molecule has 100 valence electrons. The Morgan fingerprint density at radius 1 is 1.16 bits per heavy atom. The highest BCUT2D eigenvalue weighted by atomic mass is 16.5. The van der Waals surface area contributed by atoms with Gasteiger partial charge in [0.2, 0.25) is 0 Å². The summed E-state index contributed by atoms with van der Waals surface area (Å²) in [5, 5.41) is 3.31. The van der Waals surface area contributed by atoms with Crippen LogP contribution >= 0.6 is 0 Å². The van der Waals surface area contributed by atoms with E-state index in [1.165, 1.54) is 5.56 Å². The second-order valence-electron chi connectivity index (χ2n) is 4.40. The van der Waals surface area contributed by atoms with Crippen LogP contribution in [0.1, 0.15) is 25.8 Å². The second kappa shape index (κ2) is 6.78. The van der Waals surface area contributed by atoms with Gasteiger partial charge in [0.1, 0.15) is 11.5 Å². The molecule has 0 unspecified atom stereocenters. The van der Waals surface area contributed by atoms with Gasteiger partial charge in [0.25, 0.3) is 0 Å². The van der Waals surface area contributed by atoms with Crippen LogP contribution in [0.3, 0.4) is 0 Å². The first kappa shape index (κ1) is 13.4. The first-order valence-electron chi connectivity index (χ1n) is 6.78. The first-order valence-corrected chi connectivity index (χ1v) is 6.78. The number of benzene rings is 1. The summed E-state index contributed by atoms with van der Waals surface area (Å²) in [6.07, 6.45) is 5.60. The zero-order chi connectivity index (χ0) is 13.5. The van der Waals surface area contributed by atoms with Gasteiger partial charge in [0, 0.05) is 12.6 Å². The van der Waals surface area contributed by atoms with Crippen molar-refractivity contribution in [1.82, 2.24) is 4.98 Å². The van der Waals surface area contributed by atoms with Crippen molar-refractivity contribution in [2.75, 3.05) is 11.9 Å². The summed E-state index contributed by atoms with van der Waals surface area (Å²) >= 11 is 0. The van der Waals surface area contributed by atoms with Gasteiger partial charge in [-0.15, -0.1) is 0 Å². The second-order valence-corrected chi connectivity index (χ2v) is 4.40. The predicted molar refractivity (Wildman–Crippen MR) is 78.9 cm³/mol. The van der Waals surface area contributed by atoms with Crippen molar-refractivity contribution in [1.29, 1.82) is 0 Å². The molecule has 0 aliphatic heterocycles. The molecule has 19 heavy (non-hydrogen) atoms. The fourth-order valence-corrected chi connectivity index (χ4v) is 1.86. The van der Waals surface area contributed by atoms with Crippen LogP contribution in [-0.4, -0.2) is 11.5 Å². The molecule has 3 nitrogen and oxygen atoms in total. The lowest BCUT2D eigenvalue weighted by atomic mass is 10.1. The fourth-order valence-electron chi connectivity index (χ4n) is 1.86. The number of aryl methyl sites for hydroxylation is 1. The number of rotatable bonds is 6. The van der Waals surface area contributed by atoms with Gasteiger partial charge in [-0.25, -0.2) is 0 Å². The van der Waals surface area contributed by atoms with E-state index in [2.05, 4.69) is 30.2 Å². The molecule has 1 heterocycles. The SMILES string of the molecule is CCCNc1cncc(Oc2ccccc2CC)c1. The monoisotopic (exact) mass is 256 g/mol. The molecule has 0 saturated heterocycles. The summed E-state index contributed by atoms with van der Waals surface area (Å²) in [6.45, 7) is 5.20. The summed E-state index contributed by atoms with van der Waals surface area (Å²) in [4.78, 5) is 4.20. The van der Waals surface area contributed by atoms with Crippen molar-refractivity contribution >= 4 is 5.69 Å². The standard InChI is InChI=1S/C16H20N2O/c1-3-9-18-14-10-15(12-17-11-14)19-16-8-6-5-7-13(16)4-2/h5-8,10-12,18H,3-4,9H2,1-2H3. The van der Waals surface area contributed by atoms with Gasteiger partial charge >= 0.3 is 0 Å². The quantitative estimate of drug-likeness (QED) is 0.838. The highest BCUT2D eigenvalue weighted by molar-refractivity contribution is 5.47. The Bertz CT molecular complexity index is 526. The van der Waals surface area contributed by atoms with Crippen molar-refractivity contribution in [3.05, 3.63) is 48.3 Å². The van der Waals surface area contributed by atoms with Crippen LogP contribution in [0.4, 0.5) is 5.69 Å². The molecular weight excluding hydrogens is 236 g/mol. The summed E-state index contributed by atoms with van der Waals surface area (Å²) in [5.41, 5.74) is 2.20. The van der Waals surface area contributed by atoms with Crippen molar-refractivity contribution in [2.45, 2.75) is 26.7 Å². The maximum Gasteiger partial charge on any atom is 0.147 e. The van der Waals surface area contributed by atoms with Crippen LogP contribution < -0.4 is 10.1 Å². The molecule has 3 heteroatoms. The number of hydrogen-bond donors (Lipinski definition) is 1. The highest BCUT2D eigenvalue weighted by Crippen LogP contribution is 2.26. The molecule has 0 fully saturated rings. The third-order valence-electron chi connectivity index (χ3n) is 2.87. The van der Waals surface area contributed by atoms with Gasteiger partial charge in [-0.1, -0.05) is 32.0 Å². The zero-order valence-corrected chi connectivity index (χ0v) is 11.5. The number of aromatic nitrogens is 1. The van der Waals surface area contributed by atoms with Crippen molar-refractivity contribution in [3.8, 4) is 11.5 Å². The van der Waals surface area contributed by atoms with Crippen molar-refractivity contribution < 1.29 is 4.74 Å². The Morgan fingerprint density at radius 2 is 2.00 bits per heavy atom. The number of ether oxygens (including phenoxy) is 1. The van der Waals surface area contributed by atoms with Gasteiger partial charge in [0.05, 0.1) is 18.1 Å². The number of anilines is 1. The molecule has 1 aromatic carbocycles. The van der Waals surface area contributed by atoms with E-state index in [1.54, 1.807) is 6.20 Å². The lowest BCUT2D eigenvalue weighted by molar-refractivity contribution is 0.475. The molecule has 1 N–H and O–H groups in total. The minimum Gasteiger partial charge on any atom is -0.455 e. The van der Waals surface area contributed by atoms with Gasteiger partial charge in [-0.3, -0.25) is 4.98 Å². The Balaban J connectivity index is 2.14. The summed E-state index contributed by atoms with van der Waals surface area (Å²) in [5.74, 6) is 1.67. The Kier molecular flexibility index (Phi) is 4.78. The minimum atomic E-state index is 0.766. The zero-order valence-electron chi connectivity index (χ0n) is 11.5. The van der Waals surface area contributed by atoms with Crippen LogP contribution in [-0.2, 0) is 6.42 Å². The van der Waals surface area contributed by atoms with E-state index in [4.69, 9.17) is 4.74 Å². The van der Waals surface area contributed by atoms with E-state index in [1.807, 2.05) is 30.5 Å². The molecule has 0 spiro atoms. The maximum atomic E-state index is 5.92. The molecule has 1 aromatic heterocycles. The average molecular weight is 256 g/mol. The number of nitrogens with zero attached hydrogens (tertiary/aromatic N) is 1. The molecule has 0 bridgehead atoms. The highest BCUT2D eigenvalue weighted by Gasteiger charge is 2.03. The molecule has 0 aliphatic carbocycles. The van der Waals surface area contributed by atoms with E-state index in [-0.39, 0.29) is 0 Å². The largest absolute Gasteiger partial charge is 0.455 e. The molecule has 0 radical (unpaired) electrons. The first-order chi connectivity index (χ1) is 9.33. The van der Waals surface area contributed by atoms with Crippen LogP contribution in [0.2, 0.25) is 0 Å². The fraction of sp³-hybridized carbons (Fsp3) is 0.312.